The molecule has 0 rings (SSSR count). The van der Waals surface area contributed by atoms with Crippen molar-refractivity contribution in [1.82, 2.24) is 0 Å². The lowest BCUT2D eigenvalue weighted by Crippen LogP contribution is -1.91. The van der Waals surface area contributed by atoms with Crippen LogP contribution in [0.2, 0.25) is 0 Å². The zero-order valence-corrected chi connectivity index (χ0v) is 6.73. The number of halogens is 1. The van der Waals surface area contributed by atoms with Crippen LogP contribution in [0.15, 0.2) is 23.2 Å². The second-order valence-corrected chi connectivity index (χ2v) is 2.37. The molecule has 50 valence electrons. The third-order valence-electron chi connectivity index (χ3n) is 0.635. The number of ether oxygens (including phenoxy) is 1. The van der Waals surface area contributed by atoms with Gasteiger partial charge in [0.15, 0.2) is 0 Å². The molecule has 0 aliphatic rings. The molecule has 0 aliphatic heterocycles. The van der Waals surface area contributed by atoms with E-state index in [1.54, 1.807) is 6.08 Å². The first-order valence-corrected chi connectivity index (χ1v) is 3.11. The minimum Gasteiger partial charge on any atom is -0.481 e. The van der Waals surface area contributed by atoms with Gasteiger partial charge in [-0.05, 0) is 6.08 Å². The first-order chi connectivity index (χ1) is 4.16. The topological polar surface area (TPSA) is 33.1 Å². The average molecular weight is 190 g/mol. The third kappa shape index (κ3) is 5.30. The molecular weight excluding hydrogens is 182 g/mol. The second kappa shape index (κ2) is 4.32. The van der Waals surface area contributed by atoms with Crippen molar-refractivity contribution in [2.45, 2.75) is 0 Å². The Morgan fingerprint density at radius 3 is 2.56 bits per heavy atom. The summed E-state index contributed by atoms with van der Waals surface area (Å²) in [6.45, 7) is 3.54. The molecule has 0 unspecified atom stereocenters. The predicted octanol–water partition coefficient (Wildman–Crippen LogP) is 2.07. The van der Waals surface area contributed by atoms with Crippen molar-refractivity contribution < 1.29 is 4.74 Å². The molecule has 9 heavy (non-hydrogen) atoms. The van der Waals surface area contributed by atoms with Gasteiger partial charge in [-0.2, -0.15) is 0 Å². The van der Waals surface area contributed by atoms with Crippen LogP contribution in [-0.2, 0) is 4.74 Å². The van der Waals surface area contributed by atoms with Crippen molar-refractivity contribution in [2.24, 2.45) is 0 Å². The fourth-order valence-corrected chi connectivity index (χ4v) is 0.366. The van der Waals surface area contributed by atoms with Crippen LogP contribution in [0.5, 0.6) is 0 Å². The Morgan fingerprint density at radius 1 is 1.67 bits per heavy atom. The maximum atomic E-state index is 6.96. The van der Waals surface area contributed by atoms with Gasteiger partial charge in [-0.15, -0.1) is 0 Å². The lowest BCUT2D eigenvalue weighted by molar-refractivity contribution is 0.403. The molecule has 0 aromatic carbocycles. The van der Waals surface area contributed by atoms with Crippen LogP contribution in [0, 0.1) is 5.41 Å². The summed E-state index contributed by atoms with van der Waals surface area (Å²) in [4.78, 5) is 0. The predicted molar refractivity (Wildman–Crippen MR) is 41.9 cm³/mol. The molecule has 0 heterocycles. The Kier molecular flexibility index (Phi) is 4.05. The highest BCUT2D eigenvalue weighted by Gasteiger charge is 1.83. The smallest absolute Gasteiger partial charge is 0.205 e. The van der Waals surface area contributed by atoms with E-state index in [4.69, 9.17) is 5.41 Å². The highest BCUT2D eigenvalue weighted by Crippen LogP contribution is 2.01. The fourth-order valence-electron chi connectivity index (χ4n) is 0.234. The van der Waals surface area contributed by atoms with Crippen LogP contribution in [0.1, 0.15) is 0 Å². The van der Waals surface area contributed by atoms with E-state index < -0.39 is 0 Å². The molecule has 0 spiro atoms. The minimum atomic E-state index is 0.121. The summed E-state index contributed by atoms with van der Waals surface area (Å²) in [6.07, 6.45) is 3.16. The summed E-state index contributed by atoms with van der Waals surface area (Å²) in [6, 6.07) is 0. The molecule has 0 amide bonds. The van der Waals surface area contributed by atoms with Gasteiger partial charge in [-0.1, -0.05) is 22.5 Å². The molecule has 0 saturated carbocycles. The molecule has 0 aromatic rings. The molecule has 1 N–H and O–H groups in total. The maximum absolute atomic E-state index is 6.96. The summed E-state index contributed by atoms with van der Waals surface area (Å²) >= 11 is 3.10. The Hall–Kier alpha value is -0.570. The van der Waals surface area contributed by atoms with Gasteiger partial charge in [-0.3, -0.25) is 5.41 Å². The van der Waals surface area contributed by atoms with Crippen molar-refractivity contribution in [3.8, 4) is 0 Å². The van der Waals surface area contributed by atoms with Crippen LogP contribution in [0.25, 0.3) is 0 Å². The Bertz CT molecular complexity index is 151. The average Bonchev–Trinajstić information content (AvgIpc) is 1.83. The Balaban J connectivity index is 3.71. The SMILES string of the molecule is C=C(Br)/C=C\C(=N)OC. The number of methoxy groups -OCH3 is 1. The van der Waals surface area contributed by atoms with Gasteiger partial charge < -0.3 is 4.74 Å². The summed E-state index contributed by atoms with van der Waals surface area (Å²) in [5.74, 6) is 0.121. The molecule has 0 aromatic heterocycles. The number of hydrogen-bond donors (Lipinski definition) is 1. The summed E-state index contributed by atoms with van der Waals surface area (Å²) in [7, 11) is 1.45. The molecule has 0 saturated heterocycles. The van der Waals surface area contributed by atoms with Crippen molar-refractivity contribution in [3.05, 3.63) is 23.2 Å². The third-order valence-corrected chi connectivity index (χ3v) is 0.900. The fraction of sp³-hybridized carbons (Fsp3) is 0.167. The van der Waals surface area contributed by atoms with Crippen molar-refractivity contribution in [2.75, 3.05) is 7.11 Å². The first kappa shape index (κ1) is 8.43. The normalized spacial score (nSPS) is 9.56. The molecule has 0 radical (unpaired) electrons. The van der Waals surface area contributed by atoms with Crippen molar-refractivity contribution >= 4 is 21.8 Å². The van der Waals surface area contributed by atoms with Crippen LogP contribution in [-0.4, -0.2) is 13.0 Å². The van der Waals surface area contributed by atoms with Crippen molar-refractivity contribution in [1.29, 1.82) is 5.41 Å². The van der Waals surface area contributed by atoms with Crippen LogP contribution >= 0.6 is 15.9 Å². The first-order valence-electron chi connectivity index (χ1n) is 2.32. The maximum Gasteiger partial charge on any atom is 0.205 e. The summed E-state index contributed by atoms with van der Waals surface area (Å²) in [5.41, 5.74) is 0. The highest BCUT2D eigenvalue weighted by atomic mass is 79.9. The van der Waals surface area contributed by atoms with Gasteiger partial charge in [0, 0.05) is 10.6 Å². The standard InChI is InChI=1S/C6H8BrNO/c1-5(7)3-4-6(8)9-2/h3-4,8H,1H2,2H3/b4-3-,8-6?. The number of hydrogen-bond acceptors (Lipinski definition) is 2. The second-order valence-electron chi connectivity index (χ2n) is 1.35. The highest BCUT2D eigenvalue weighted by molar-refractivity contribution is 9.11. The van der Waals surface area contributed by atoms with Gasteiger partial charge in [-0.25, -0.2) is 0 Å². The van der Waals surface area contributed by atoms with Gasteiger partial charge in [0.1, 0.15) is 0 Å². The molecule has 0 fully saturated rings. The molecule has 0 bridgehead atoms. The lowest BCUT2D eigenvalue weighted by atomic mass is 10.5. The molecule has 0 atom stereocenters. The van der Waals surface area contributed by atoms with Gasteiger partial charge in [0.2, 0.25) is 5.90 Å². The van der Waals surface area contributed by atoms with E-state index >= 15 is 0 Å². The number of nitrogens with one attached hydrogen (secondary N) is 1. The van der Waals surface area contributed by atoms with E-state index in [0.717, 1.165) is 4.48 Å². The minimum absolute atomic E-state index is 0.121. The number of allylic oxidation sites excluding steroid dienone is 2. The molecule has 3 heteroatoms. The van der Waals surface area contributed by atoms with E-state index in [0.29, 0.717) is 0 Å². The van der Waals surface area contributed by atoms with Gasteiger partial charge in [0.25, 0.3) is 0 Å². The van der Waals surface area contributed by atoms with Crippen LogP contribution in [0.3, 0.4) is 0 Å². The quantitative estimate of drug-likeness (QED) is 0.403. The zero-order chi connectivity index (χ0) is 7.28. The van der Waals surface area contributed by atoms with E-state index in [9.17, 15) is 0 Å². The molecular formula is C6H8BrNO. The van der Waals surface area contributed by atoms with Gasteiger partial charge >= 0.3 is 0 Å². The Labute approximate surface area is 62.9 Å². The monoisotopic (exact) mass is 189 g/mol. The summed E-state index contributed by atoms with van der Waals surface area (Å²) < 4.78 is 5.26. The molecule has 0 aliphatic carbocycles. The van der Waals surface area contributed by atoms with E-state index in [1.807, 2.05) is 0 Å². The number of rotatable bonds is 2. The largest absolute Gasteiger partial charge is 0.481 e. The zero-order valence-electron chi connectivity index (χ0n) is 5.15. The van der Waals surface area contributed by atoms with E-state index in [2.05, 4.69) is 27.2 Å². The van der Waals surface area contributed by atoms with E-state index in [-0.39, 0.29) is 5.90 Å². The van der Waals surface area contributed by atoms with E-state index in [1.165, 1.54) is 13.2 Å². The summed E-state index contributed by atoms with van der Waals surface area (Å²) in [5, 5.41) is 6.96. The van der Waals surface area contributed by atoms with Crippen molar-refractivity contribution in [3.63, 3.8) is 0 Å². The lowest BCUT2D eigenvalue weighted by Gasteiger charge is -1.91. The van der Waals surface area contributed by atoms with Crippen LogP contribution in [0.4, 0.5) is 0 Å². The van der Waals surface area contributed by atoms with Crippen LogP contribution < -0.4 is 0 Å². The molecule has 2 nitrogen and oxygen atoms in total. The van der Waals surface area contributed by atoms with Gasteiger partial charge in [0.05, 0.1) is 7.11 Å². The Morgan fingerprint density at radius 2 is 2.22 bits per heavy atom.